The molecule has 0 bridgehead atoms. The van der Waals surface area contributed by atoms with Crippen LogP contribution in [-0.4, -0.2) is 56.1 Å². The van der Waals surface area contributed by atoms with Crippen LogP contribution in [0.1, 0.15) is 38.5 Å². The highest BCUT2D eigenvalue weighted by Crippen LogP contribution is 2.30. The smallest absolute Gasteiger partial charge is 0.0220 e. The molecule has 1 saturated carbocycles. The van der Waals surface area contributed by atoms with Crippen molar-refractivity contribution in [1.29, 1.82) is 0 Å². The van der Waals surface area contributed by atoms with Gasteiger partial charge in [0.1, 0.15) is 0 Å². The molecular weight excluding hydrogens is 222 g/mol. The largest absolute Gasteiger partial charge is 0.330 e. The zero-order valence-electron chi connectivity index (χ0n) is 12.3. The predicted molar refractivity (Wildman–Crippen MR) is 77.7 cm³/mol. The van der Waals surface area contributed by atoms with E-state index in [9.17, 15) is 0 Å². The van der Waals surface area contributed by atoms with E-state index < -0.39 is 0 Å². The summed E-state index contributed by atoms with van der Waals surface area (Å²) in [5, 5.41) is 0. The highest BCUT2D eigenvalue weighted by molar-refractivity contribution is 4.82. The highest BCUT2D eigenvalue weighted by atomic mass is 15.2. The monoisotopic (exact) mass is 253 g/mol. The number of nitrogens with zero attached hydrogens (tertiary/aromatic N) is 2. The average Bonchev–Trinajstić information content (AvgIpc) is 2.75. The number of rotatable bonds is 5. The van der Waals surface area contributed by atoms with Crippen LogP contribution in [0.3, 0.4) is 0 Å². The Morgan fingerprint density at radius 2 is 1.78 bits per heavy atom. The topological polar surface area (TPSA) is 32.5 Å². The molecule has 1 saturated heterocycles. The summed E-state index contributed by atoms with van der Waals surface area (Å²) in [6.07, 6.45) is 8.33. The van der Waals surface area contributed by atoms with Gasteiger partial charge in [-0.05, 0) is 64.7 Å². The molecule has 2 rings (SSSR count). The standard InChI is InChI=1S/C15H31N3/c1-17(12-15-8-5-9-18(15)2)11-14-7-4-3-6-13(14)10-16/h13-15H,3-12,16H2,1-2H3. The van der Waals surface area contributed by atoms with Gasteiger partial charge >= 0.3 is 0 Å². The number of likely N-dealkylation sites (tertiary alicyclic amines) is 1. The third-order valence-electron chi connectivity index (χ3n) is 5.11. The molecule has 0 spiro atoms. The average molecular weight is 253 g/mol. The molecule has 2 N–H and O–H groups in total. The Kier molecular flexibility index (Phi) is 5.46. The molecule has 3 unspecified atom stereocenters. The third-order valence-corrected chi connectivity index (χ3v) is 5.11. The molecule has 0 aromatic rings. The van der Waals surface area contributed by atoms with E-state index in [1.54, 1.807) is 0 Å². The minimum Gasteiger partial charge on any atom is -0.330 e. The molecule has 3 heteroatoms. The van der Waals surface area contributed by atoms with Crippen molar-refractivity contribution in [3.63, 3.8) is 0 Å². The van der Waals surface area contributed by atoms with E-state index in [1.807, 2.05) is 0 Å². The molecule has 1 aliphatic carbocycles. The summed E-state index contributed by atoms with van der Waals surface area (Å²) in [6, 6.07) is 0.787. The Morgan fingerprint density at radius 3 is 2.39 bits per heavy atom. The minimum absolute atomic E-state index is 0.780. The molecule has 18 heavy (non-hydrogen) atoms. The van der Waals surface area contributed by atoms with Crippen LogP contribution in [0.5, 0.6) is 0 Å². The fourth-order valence-corrected chi connectivity index (χ4v) is 3.88. The second-order valence-electron chi connectivity index (χ2n) is 6.54. The highest BCUT2D eigenvalue weighted by Gasteiger charge is 2.27. The first kappa shape index (κ1) is 14.3. The zero-order valence-corrected chi connectivity index (χ0v) is 12.3. The van der Waals surface area contributed by atoms with E-state index in [-0.39, 0.29) is 0 Å². The summed E-state index contributed by atoms with van der Waals surface area (Å²) in [4.78, 5) is 5.09. The quantitative estimate of drug-likeness (QED) is 0.810. The van der Waals surface area contributed by atoms with Gasteiger partial charge in [-0.25, -0.2) is 0 Å². The second kappa shape index (κ2) is 6.88. The maximum atomic E-state index is 5.93. The van der Waals surface area contributed by atoms with Gasteiger partial charge in [0.05, 0.1) is 0 Å². The number of likely N-dealkylation sites (N-methyl/N-ethyl adjacent to an activating group) is 2. The third kappa shape index (κ3) is 3.69. The van der Waals surface area contributed by atoms with Crippen molar-refractivity contribution in [2.24, 2.45) is 17.6 Å². The van der Waals surface area contributed by atoms with Gasteiger partial charge in [0.15, 0.2) is 0 Å². The van der Waals surface area contributed by atoms with Crippen LogP contribution in [-0.2, 0) is 0 Å². The Hall–Kier alpha value is -0.120. The maximum absolute atomic E-state index is 5.93. The predicted octanol–water partition coefficient (Wildman–Crippen LogP) is 1.78. The second-order valence-corrected chi connectivity index (χ2v) is 6.54. The van der Waals surface area contributed by atoms with Gasteiger partial charge in [0.25, 0.3) is 0 Å². The van der Waals surface area contributed by atoms with Crippen molar-refractivity contribution in [3.05, 3.63) is 0 Å². The summed E-state index contributed by atoms with van der Waals surface area (Å²) in [7, 11) is 4.57. The first-order chi connectivity index (χ1) is 8.70. The minimum atomic E-state index is 0.780. The molecule has 106 valence electrons. The number of hydrogen-bond donors (Lipinski definition) is 1. The summed E-state index contributed by atoms with van der Waals surface area (Å²) in [5.41, 5.74) is 5.93. The molecule has 3 atom stereocenters. The van der Waals surface area contributed by atoms with Gasteiger partial charge in [-0.1, -0.05) is 12.8 Å². The van der Waals surface area contributed by atoms with Gasteiger partial charge in [0, 0.05) is 19.1 Å². The van der Waals surface area contributed by atoms with Gasteiger partial charge < -0.3 is 15.5 Å². The molecule has 0 radical (unpaired) electrons. The molecule has 0 amide bonds. The van der Waals surface area contributed by atoms with E-state index in [2.05, 4.69) is 23.9 Å². The van der Waals surface area contributed by atoms with Crippen molar-refractivity contribution < 1.29 is 0 Å². The first-order valence-electron chi connectivity index (χ1n) is 7.79. The number of nitrogens with two attached hydrogens (primary N) is 1. The lowest BCUT2D eigenvalue weighted by molar-refractivity contribution is 0.149. The Balaban J connectivity index is 1.76. The van der Waals surface area contributed by atoms with Crippen LogP contribution in [0.25, 0.3) is 0 Å². The van der Waals surface area contributed by atoms with Crippen LogP contribution in [0.4, 0.5) is 0 Å². The summed E-state index contributed by atoms with van der Waals surface area (Å²) in [6.45, 7) is 4.67. The van der Waals surface area contributed by atoms with Crippen LogP contribution in [0.15, 0.2) is 0 Å². The summed E-state index contributed by atoms with van der Waals surface area (Å²) in [5.74, 6) is 1.63. The van der Waals surface area contributed by atoms with E-state index in [0.29, 0.717) is 0 Å². The number of hydrogen-bond acceptors (Lipinski definition) is 3. The fourth-order valence-electron chi connectivity index (χ4n) is 3.88. The van der Waals surface area contributed by atoms with Gasteiger partial charge in [-0.15, -0.1) is 0 Å². The van der Waals surface area contributed by atoms with Crippen LogP contribution < -0.4 is 5.73 Å². The summed E-state index contributed by atoms with van der Waals surface area (Å²) >= 11 is 0. The van der Waals surface area contributed by atoms with Crippen LogP contribution in [0, 0.1) is 11.8 Å². The SMILES string of the molecule is CN(CC1CCCCC1CN)CC1CCCN1C. The van der Waals surface area contributed by atoms with Crippen molar-refractivity contribution in [3.8, 4) is 0 Å². The lowest BCUT2D eigenvalue weighted by Crippen LogP contribution is -2.41. The Labute approximate surface area is 113 Å². The molecule has 0 aromatic carbocycles. The van der Waals surface area contributed by atoms with E-state index in [1.165, 1.54) is 58.2 Å². The normalized spacial score (nSPS) is 34.3. The van der Waals surface area contributed by atoms with Crippen LogP contribution in [0.2, 0.25) is 0 Å². The van der Waals surface area contributed by atoms with E-state index in [4.69, 9.17) is 5.73 Å². The van der Waals surface area contributed by atoms with Crippen molar-refractivity contribution >= 4 is 0 Å². The molecule has 1 aliphatic heterocycles. The lowest BCUT2D eigenvalue weighted by atomic mass is 9.79. The van der Waals surface area contributed by atoms with Crippen LogP contribution >= 0.6 is 0 Å². The van der Waals surface area contributed by atoms with E-state index in [0.717, 1.165) is 24.4 Å². The zero-order chi connectivity index (χ0) is 13.0. The van der Waals surface area contributed by atoms with Crippen molar-refractivity contribution in [2.45, 2.75) is 44.6 Å². The summed E-state index contributed by atoms with van der Waals surface area (Å²) < 4.78 is 0. The Morgan fingerprint density at radius 1 is 1.06 bits per heavy atom. The maximum Gasteiger partial charge on any atom is 0.0220 e. The molecule has 0 aromatic heterocycles. The molecule has 3 nitrogen and oxygen atoms in total. The van der Waals surface area contributed by atoms with Gasteiger partial charge in [0.2, 0.25) is 0 Å². The fraction of sp³-hybridized carbons (Fsp3) is 1.00. The first-order valence-corrected chi connectivity index (χ1v) is 7.79. The molecule has 2 aliphatic rings. The van der Waals surface area contributed by atoms with E-state index >= 15 is 0 Å². The van der Waals surface area contributed by atoms with Crippen molar-refractivity contribution in [1.82, 2.24) is 9.80 Å². The van der Waals surface area contributed by atoms with Crippen molar-refractivity contribution in [2.75, 3.05) is 40.3 Å². The molecular formula is C15H31N3. The molecule has 1 heterocycles. The van der Waals surface area contributed by atoms with Gasteiger partial charge in [-0.3, -0.25) is 0 Å². The molecule has 2 fully saturated rings. The van der Waals surface area contributed by atoms with Gasteiger partial charge in [-0.2, -0.15) is 0 Å². The lowest BCUT2D eigenvalue weighted by Gasteiger charge is -2.35. The Bertz CT molecular complexity index is 244.